The van der Waals surface area contributed by atoms with Crippen LogP contribution in [-0.4, -0.2) is 10.2 Å². The normalized spacial score (nSPS) is 7.86. The second kappa shape index (κ2) is 12.1. The predicted molar refractivity (Wildman–Crippen MR) is 63.4 cm³/mol. The Balaban J connectivity index is 0. The van der Waals surface area contributed by atoms with E-state index in [0.29, 0.717) is 0 Å². The van der Waals surface area contributed by atoms with Gasteiger partial charge in [-0.3, -0.25) is 0 Å². The van der Waals surface area contributed by atoms with Crippen molar-refractivity contribution in [2.75, 3.05) is 0 Å². The third-order valence-electron chi connectivity index (χ3n) is 1.67. The van der Waals surface area contributed by atoms with E-state index >= 15 is 0 Å². The van der Waals surface area contributed by atoms with E-state index in [2.05, 4.69) is 24.0 Å². The predicted octanol–water partition coefficient (Wildman–Crippen LogP) is 3.93. The van der Waals surface area contributed by atoms with Gasteiger partial charge < -0.3 is 0 Å². The van der Waals surface area contributed by atoms with Gasteiger partial charge in [-0.15, -0.1) is 0 Å². The molecule has 0 radical (unpaired) electrons. The minimum atomic E-state index is 1.01. The van der Waals surface area contributed by atoms with Crippen LogP contribution in [-0.2, 0) is 0 Å². The van der Waals surface area contributed by atoms with Crippen LogP contribution in [0.2, 0.25) is 0 Å². The Morgan fingerprint density at radius 1 is 1.07 bits per heavy atom. The van der Waals surface area contributed by atoms with Gasteiger partial charge in [-0.05, 0) is 25.5 Å². The number of nitrogens with zero attached hydrogens (tertiary/aromatic N) is 2. The van der Waals surface area contributed by atoms with Crippen LogP contribution < -0.4 is 0 Å². The third-order valence-corrected chi connectivity index (χ3v) is 1.67. The highest BCUT2D eigenvalue weighted by atomic mass is 15.1. The number of aromatic nitrogens is 2. The first-order valence-electron chi connectivity index (χ1n) is 5.47. The Kier molecular flexibility index (Phi) is 13.4. The SMILES string of the molecule is CC.CCCC.Cc1ccnnc1C. The van der Waals surface area contributed by atoms with E-state index in [-0.39, 0.29) is 0 Å². The molecule has 0 N–H and O–H groups in total. The lowest BCUT2D eigenvalue weighted by molar-refractivity contribution is 0.886. The van der Waals surface area contributed by atoms with Gasteiger partial charge in [0.25, 0.3) is 0 Å². The highest BCUT2D eigenvalue weighted by Gasteiger charge is 1.86. The monoisotopic (exact) mass is 196 g/mol. The maximum Gasteiger partial charge on any atom is 0.0629 e. The zero-order valence-corrected chi connectivity index (χ0v) is 10.5. The van der Waals surface area contributed by atoms with Crippen molar-refractivity contribution in [1.82, 2.24) is 10.2 Å². The fourth-order valence-electron chi connectivity index (χ4n) is 0.465. The molecule has 0 saturated heterocycles. The topological polar surface area (TPSA) is 25.8 Å². The minimum absolute atomic E-state index is 1.01. The van der Waals surface area contributed by atoms with Crippen molar-refractivity contribution in [3.63, 3.8) is 0 Å². The summed E-state index contributed by atoms with van der Waals surface area (Å²) in [5.41, 5.74) is 2.20. The van der Waals surface area contributed by atoms with Crippen molar-refractivity contribution in [3.8, 4) is 0 Å². The first kappa shape index (κ1) is 15.5. The smallest absolute Gasteiger partial charge is 0.0629 e. The Morgan fingerprint density at radius 3 is 1.79 bits per heavy atom. The Morgan fingerprint density at radius 2 is 1.57 bits per heavy atom. The summed E-state index contributed by atoms with van der Waals surface area (Å²) in [4.78, 5) is 0. The van der Waals surface area contributed by atoms with Gasteiger partial charge in [-0.25, -0.2) is 0 Å². The molecule has 0 aliphatic rings. The highest BCUT2D eigenvalue weighted by Crippen LogP contribution is 1.96. The lowest BCUT2D eigenvalue weighted by Crippen LogP contribution is -1.86. The minimum Gasteiger partial charge on any atom is -0.159 e. The van der Waals surface area contributed by atoms with E-state index < -0.39 is 0 Å². The Labute approximate surface area is 88.8 Å². The molecule has 2 nitrogen and oxygen atoms in total. The average molecular weight is 196 g/mol. The largest absolute Gasteiger partial charge is 0.159 e. The van der Waals surface area contributed by atoms with Crippen LogP contribution in [0.1, 0.15) is 51.8 Å². The molecule has 1 aromatic heterocycles. The van der Waals surface area contributed by atoms with Crippen molar-refractivity contribution in [3.05, 3.63) is 23.5 Å². The molecule has 0 saturated carbocycles. The first-order chi connectivity index (χ1) is 6.72. The molecule has 0 bridgehead atoms. The summed E-state index contributed by atoms with van der Waals surface area (Å²) >= 11 is 0. The van der Waals surface area contributed by atoms with Crippen LogP contribution in [0, 0.1) is 13.8 Å². The lowest BCUT2D eigenvalue weighted by Gasteiger charge is -1.91. The summed E-state index contributed by atoms with van der Waals surface area (Å²) in [5, 5.41) is 7.52. The van der Waals surface area contributed by atoms with E-state index in [0.717, 1.165) is 5.69 Å². The van der Waals surface area contributed by atoms with Crippen LogP contribution in [0.25, 0.3) is 0 Å². The van der Waals surface area contributed by atoms with E-state index in [1.54, 1.807) is 6.20 Å². The molecule has 1 aromatic rings. The molecule has 0 spiro atoms. The lowest BCUT2D eigenvalue weighted by atomic mass is 10.3. The quantitative estimate of drug-likeness (QED) is 0.680. The fourth-order valence-corrected chi connectivity index (χ4v) is 0.465. The fraction of sp³-hybridized carbons (Fsp3) is 0.667. The number of rotatable bonds is 1. The molecular formula is C12H24N2. The Bertz CT molecular complexity index is 186. The maximum absolute atomic E-state index is 3.83. The van der Waals surface area contributed by atoms with E-state index in [4.69, 9.17) is 0 Å². The van der Waals surface area contributed by atoms with Crippen LogP contribution in [0.4, 0.5) is 0 Å². The van der Waals surface area contributed by atoms with Crippen molar-refractivity contribution < 1.29 is 0 Å². The van der Waals surface area contributed by atoms with E-state index in [1.807, 2.05) is 33.8 Å². The molecule has 0 atom stereocenters. The second-order valence-corrected chi connectivity index (χ2v) is 2.80. The molecule has 82 valence electrons. The van der Waals surface area contributed by atoms with Gasteiger partial charge in [0.1, 0.15) is 0 Å². The zero-order valence-electron chi connectivity index (χ0n) is 10.5. The van der Waals surface area contributed by atoms with Gasteiger partial charge in [0.05, 0.1) is 5.69 Å². The summed E-state index contributed by atoms with van der Waals surface area (Å²) in [6.45, 7) is 12.3. The van der Waals surface area contributed by atoms with Crippen molar-refractivity contribution >= 4 is 0 Å². The molecule has 0 amide bonds. The molecule has 0 unspecified atom stereocenters. The summed E-state index contributed by atoms with van der Waals surface area (Å²) in [7, 11) is 0. The Hall–Kier alpha value is -0.920. The van der Waals surface area contributed by atoms with Crippen molar-refractivity contribution in [2.24, 2.45) is 0 Å². The number of aryl methyl sites for hydroxylation is 2. The third kappa shape index (κ3) is 9.17. The molecule has 0 aliphatic carbocycles. The van der Waals surface area contributed by atoms with E-state index in [9.17, 15) is 0 Å². The van der Waals surface area contributed by atoms with Crippen molar-refractivity contribution in [2.45, 2.75) is 54.4 Å². The van der Waals surface area contributed by atoms with Gasteiger partial charge in [-0.2, -0.15) is 10.2 Å². The standard InChI is InChI=1S/C6H8N2.C4H10.C2H6/c1-5-3-4-7-8-6(5)2;1-3-4-2;1-2/h3-4H,1-2H3;3-4H2,1-2H3;1-2H3. The number of hydrogen-bond acceptors (Lipinski definition) is 2. The first-order valence-corrected chi connectivity index (χ1v) is 5.47. The van der Waals surface area contributed by atoms with Crippen LogP contribution in [0.3, 0.4) is 0 Å². The van der Waals surface area contributed by atoms with E-state index in [1.165, 1.54) is 18.4 Å². The van der Waals surface area contributed by atoms with Crippen LogP contribution in [0.15, 0.2) is 12.3 Å². The second-order valence-electron chi connectivity index (χ2n) is 2.80. The van der Waals surface area contributed by atoms with Crippen molar-refractivity contribution in [1.29, 1.82) is 0 Å². The van der Waals surface area contributed by atoms with Crippen LogP contribution in [0.5, 0.6) is 0 Å². The summed E-state index contributed by atoms with van der Waals surface area (Å²) < 4.78 is 0. The van der Waals surface area contributed by atoms with Gasteiger partial charge >= 0.3 is 0 Å². The average Bonchev–Trinajstić information content (AvgIpc) is 2.26. The van der Waals surface area contributed by atoms with Gasteiger partial charge in [-0.1, -0.05) is 40.5 Å². The molecule has 0 aliphatic heterocycles. The van der Waals surface area contributed by atoms with Crippen LogP contribution >= 0.6 is 0 Å². The van der Waals surface area contributed by atoms with Gasteiger partial charge in [0, 0.05) is 6.20 Å². The number of unbranched alkanes of at least 4 members (excludes halogenated alkanes) is 1. The molecule has 1 rings (SSSR count). The molecule has 2 heteroatoms. The maximum atomic E-state index is 3.83. The molecule has 0 fully saturated rings. The molecule has 1 heterocycles. The molecule has 14 heavy (non-hydrogen) atoms. The molecule has 0 aromatic carbocycles. The summed E-state index contributed by atoms with van der Waals surface area (Å²) in [5.74, 6) is 0. The zero-order chi connectivity index (χ0) is 11.4. The molecular weight excluding hydrogens is 172 g/mol. The number of hydrogen-bond donors (Lipinski definition) is 0. The highest BCUT2D eigenvalue weighted by molar-refractivity contribution is 5.12. The summed E-state index contributed by atoms with van der Waals surface area (Å²) in [6, 6.07) is 1.95. The van der Waals surface area contributed by atoms with Gasteiger partial charge in [0.15, 0.2) is 0 Å². The van der Waals surface area contributed by atoms with Gasteiger partial charge in [0.2, 0.25) is 0 Å². The summed E-state index contributed by atoms with van der Waals surface area (Å²) in [6.07, 6.45) is 4.34.